The second-order valence-electron chi connectivity index (χ2n) is 3.02. The highest BCUT2D eigenvalue weighted by Gasteiger charge is 2.27. The van der Waals surface area contributed by atoms with E-state index in [2.05, 4.69) is 0 Å². The molecule has 1 aliphatic rings. The highest BCUT2D eigenvalue weighted by atomic mass is 16.6. The molecule has 2 rings (SSSR count). The molecule has 0 atom stereocenters. The van der Waals surface area contributed by atoms with Crippen molar-refractivity contribution in [3.8, 4) is 0 Å². The van der Waals surface area contributed by atoms with E-state index in [1.54, 1.807) is 20.1 Å². The maximum absolute atomic E-state index is 11.4. The fourth-order valence-corrected chi connectivity index (χ4v) is 1.42. The van der Waals surface area contributed by atoms with Gasteiger partial charge >= 0.3 is 5.97 Å². The Morgan fingerprint density at radius 1 is 1.29 bits per heavy atom. The van der Waals surface area contributed by atoms with Crippen LogP contribution in [0.3, 0.4) is 0 Å². The van der Waals surface area contributed by atoms with Gasteiger partial charge in [-0.2, -0.15) is 0 Å². The van der Waals surface area contributed by atoms with Gasteiger partial charge in [0.15, 0.2) is 5.76 Å². The summed E-state index contributed by atoms with van der Waals surface area (Å²) in [4.78, 5) is 11.4. The van der Waals surface area contributed by atoms with Crippen LogP contribution < -0.4 is 0 Å². The number of rotatable bonds is 1. The van der Waals surface area contributed by atoms with Crippen molar-refractivity contribution in [2.24, 2.45) is 0 Å². The minimum absolute atomic E-state index is 0.313. The van der Waals surface area contributed by atoms with E-state index in [0.717, 1.165) is 5.56 Å². The molecule has 3 nitrogen and oxygen atoms in total. The van der Waals surface area contributed by atoms with Crippen LogP contribution in [0.4, 0.5) is 0 Å². The van der Waals surface area contributed by atoms with Crippen molar-refractivity contribution >= 4 is 11.7 Å². The van der Waals surface area contributed by atoms with Gasteiger partial charge in [0.25, 0.3) is 0 Å². The summed E-state index contributed by atoms with van der Waals surface area (Å²) < 4.78 is 10.1. The molecule has 1 aromatic carbocycles. The molecular weight excluding hydrogens is 180 g/mol. The molecule has 1 aromatic rings. The van der Waals surface area contributed by atoms with Gasteiger partial charge in [-0.1, -0.05) is 18.2 Å². The molecule has 14 heavy (non-hydrogen) atoms. The van der Waals surface area contributed by atoms with Crippen molar-refractivity contribution < 1.29 is 14.3 Å². The van der Waals surface area contributed by atoms with Crippen LogP contribution in [0.1, 0.15) is 22.8 Å². The van der Waals surface area contributed by atoms with Crippen LogP contribution in [0, 0.1) is 0 Å². The van der Waals surface area contributed by atoms with E-state index in [9.17, 15) is 4.79 Å². The summed E-state index contributed by atoms with van der Waals surface area (Å²) in [5, 5.41) is 0. The molecule has 0 amide bonds. The molecule has 0 aromatic heterocycles. The van der Waals surface area contributed by atoms with Crippen molar-refractivity contribution in [1.29, 1.82) is 0 Å². The minimum Gasteiger partial charge on any atom is -0.497 e. The Kier molecular flexibility index (Phi) is 2.00. The Bertz CT molecular complexity index is 418. The highest BCUT2D eigenvalue weighted by Crippen LogP contribution is 2.31. The third kappa shape index (κ3) is 1.18. The van der Waals surface area contributed by atoms with E-state index in [1.165, 1.54) is 0 Å². The number of esters is 1. The first kappa shape index (κ1) is 8.81. The molecule has 0 aliphatic carbocycles. The monoisotopic (exact) mass is 190 g/mol. The first-order valence-electron chi connectivity index (χ1n) is 4.30. The molecule has 1 aliphatic heterocycles. The van der Waals surface area contributed by atoms with Gasteiger partial charge in [0.2, 0.25) is 0 Å². The average molecular weight is 190 g/mol. The van der Waals surface area contributed by atoms with Gasteiger partial charge in [-0.15, -0.1) is 0 Å². The number of benzene rings is 1. The number of ether oxygens (including phenoxy) is 2. The molecule has 0 fully saturated rings. The zero-order valence-corrected chi connectivity index (χ0v) is 8.03. The standard InChI is InChI=1S/C11H10O3/c1-7(13-2)10-8-5-3-4-6-9(8)11(12)14-10/h3-6H,1-2H3. The molecule has 0 unspecified atom stereocenters. The number of methoxy groups -OCH3 is 1. The van der Waals surface area contributed by atoms with Crippen LogP contribution in [0.5, 0.6) is 0 Å². The first-order valence-corrected chi connectivity index (χ1v) is 4.30. The normalized spacial score (nSPS) is 17.4. The van der Waals surface area contributed by atoms with E-state index < -0.39 is 0 Å². The summed E-state index contributed by atoms with van der Waals surface area (Å²) in [6.45, 7) is 1.77. The van der Waals surface area contributed by atoms with Gasteiger partial charge in [0, 0.05) is 5.56 Å². The molecule has 0 saturated heterocycles. The lowest BCUT2D eigenvalue weighted by Gasteiger charge is -2.03. The second-order valence-corrected chi connectivity index (χ2v) is 3.02. The van der Waals surface area contributed by atoms with Crippen molar-refractivity contribution in [2.45, 2.75) is 6.92 Å². The highest BCUT2D eigenvalue weighted by molar-refractivity contribution is 6.03. The molecule has 3 heteroatoms. The Morgan fingerprint density at radius 2 is 1.93 bits per heavy atom. The van der Waals surface area contributed by atoms with Crippen LogP contribution in [-0.4, -0.2) is 13.1 Å². The van der Waals surface area contributed by atoms with E-state index in [4.69, 9.17) is 9.47 Å². The Hall–Kier alpha value is -1.77. The molecule has 72 valence electrons. The zero-order valence-electron chi connectivity index (χ0n) is 8.03. The lowest BCUT2D eigenvalue weighted by atomic mass is 10.1. The summed E-state index contributed by atoms with van der Waals surface area (Å²) in [5.74, 6) is 0.823. The first-order chi connectivity index (χ1) is 6.74. The summed E-state index contributed by atoms with van der Waals surface area (Å²) >= 11 is 0. The molecular formula is C11H10O3. The number of fused-ring (bicyclic) bond motifs is 1. The predicted octanol–water partition coefficient (Wildman–Crippen LogP) is 2.19. The van der Waals surface area contributed by atoms with Crippen LogP contribution in [-0.2, 0) is 9.47 Å². The largest absolute Gasteiger partial charge is 0.497 e. The van der Waals surface area contributed by atoms with E-state index in [-0.39, 0.29) is 5.97 Å². The number of hydrogen-bond acceptors (Lipinski definition) is 3. The van der Waals surface area contributed by atoms with Gasteiger partial charge in [0.1, 0.15) is 5.76 Å². The van der Waals surface area contributed by atoms with Crippen molar-refractivity contribution in [3.05, 3.63) is 41.2 Å². The fraction of sp³-hybridized carbons (Fsp3) is 0.182. The predicted molar refractivity (Wildman–Crippen MR) is 51.5 cm³/mol. The Morgan fingerprint density at radius 3 is 2.57 bits per heavy atom. The smallest absolute Gasteiger partial charge is 0.344 e. The fourth-order valence-electron chi connectivity index (χ4n) is 1.42. The van der Waals surface area contributed by atoms with Gasteiger partial charge in [0.05, 0.1) is 12.7 Å². The summed E-state index contributed by atoms with van der Waals surface area (Å²) in [5.41, 5.74) is 1.40. The van der Waals surface area contributed by atoms with Crippen molar-refractivity contribution in [2.75, 3.05) is 7.11 Å². The molecule has 0 spiro atoms. The van der Waals surface area contributed by atoms with Gasteiger partial charge in [-0.05, 0) is 13.0 Å². The van der Waals surface area contributed by atoms with Crippen LogP contribution >= 0.6 is 0 Å². The Labute approximate surface area is 81.9 Å². The third-order valence-electron chi connectivity index (χ3n) is 2.21. The van der Waals surface area contributed by atoms with E-state index in [0.29, 0.717) is 17.1 Å². The number of cyclic esters (lactones) is 1. The third-order valence-corrected chi connectivity index (χ3v) is 2.21. The molecule has 0 N–H and O–H groups in total. The Balaban J connectivity index is 2.60. The van der Waals surface area contributed by atoms with Gasteiger partial charge in [-0.25, -0.2) is 4.79 Å². The lowest BCUT2D eigenvalue weighted by molar-refractivity contribution is 0.0707. The number of allylic oxidation sites excluding steroid dienone is 1. The second kappa shape index (κ2) is 3.18. The number of carbonyl (C=O) groups is 1. The lowest BCUT2D eigenvalue weighted by Crippen LogP contribution is -1.93. The molecule has 0 radical (unpaired) electrons. The van der Waals surface area contributed by atoms with Gasteiger partial charge < -0.3 is 9.47 Å². The summed E-state index contributed by atoms with van der Waals surface area (Å²) in [6.07, 6.45) is 0. The van der Waals surface area contributed by atoms with E-state index >= 15 is 0 Å². The molecule has 0 saturated carbocycles. The average Bonchev–Trinajstić information content (AvgIpc) is 2.56. The summed E-state index contributed by atoms with van der Waals surface area (Å²) in [7, 11) is 1.55. The van der Waals surface area contributed by atoms with Crippen LogP contribution in [0.15, 0.2) is 30.0 Å². The zero-order chi connectivity index (χ0) is 10.1. The van der Waals surface area contributed by atoms with Gasteiger partial charge in [-0.3, -0.25) is 0 Å². The maximum Gasteiger partial charge on any atom is 0.344 e. The SMILES string of the molecule is COC(C)=C1OC(=O)c2ccccc21. The maximum atomic E-state index is 11.4. The van der Waals surface area contributed by atoms with Crippen LogP contribution in [0.25, 0.3) is 5.76 Å². The quantitative estimate of drug-likeness (QED) is 0.503. The van der Waals surface area contributed by atoms with Crippen molar-refractivity contribution in [1.82, 2.24) is 0 Å². The number of carbonyl (C=O) groups excluding carboxylic acids is 1. The summed E-state index contributed by atoms with van der Waals surface area (Å²) in [6, 6.07) is 7.26. The van der Waals surface area contributed by atoms with E-state index in [1.807, 2.05) is 18.2 Å². The van der Waals surface area contributed by atoms with Crippen LogP contribution in [0.2, 0.25) is 0 Å². The van der Waals surface area contributed by atoms with Crippen molar-refractivity contribution in [3.63, 3.8) is 0 Å². The topological polar surface area (TPSA) is 35.5 Å². The minimum atomic E-state index is -0.313. The number of hydrogen-bond donors (Lipinski definition) is 0. The molecule has 0 bridgehead atoms. The molecule has 1 heterocycles.